The number of benzene rings is 1. The van der Waals surface area contributed by atoms with Crippen LogP contribution >= 0.6 is 0 Å². The first kappa shape index (κ1) is 21.5. The average Bonchev–Trinajstić information content (AvgIpc) is 3.12. The van der Waals surface area contributed by atoms with Crippen LogP contribution in [0, 0.1) is 0 Å². The molecule has 1 N–H and O–H groups in total. The van der Waals surface area contributed by atoms with Crippen LogP contribution in [0.5, 0.6) is 5.75 Å². The van der Waals surface area contributed by atoms with Gasteiger partial charge in [0.05, 0.1) is 13.7 Å². The summed E-state index contributed by atoms with van der Waals surface area (Å²) in [6, 6.07) is 12.2. The molecule has 0 radical (unpaired) electrons. The van der Waals surface area contributed by atoms with Gasteiger partial charge in [0, 0.05) is 6.54 Å². The van der Waals surface area contributed by atoms with E-state index < -0.39 is 5.60 Å². The topological polar surface area (TPSA) is 45.8 Å². The first-order valence-electron chi connectivity index (χ1n) is 10.2. The summed E-state index contributed by atoms with van der Waals surface area (Å²) in [5.74, 6) is 2.50. The van der Waals surface area contributed by atoms with E-state index in [1.807, 2.05) is 24.3 Å². The van der Waals surface area contributed by atoms with E-state index in [1.54, 1.807) is 7.11 Å². The Hall–Kier alpha value is -1.78. The zero-order valence-corrected chi connectivity index (χ0v) is 17.3. The van der Waals surface area contributed by atoms with E-state index in [4.69, 9.17) is 9.15 Å². The maximum Gasteiger partial charge on any atom is 0.135 e. The van der Waals surface area contributed by atoms with Crippen molar-refractivity contribution in [2.75, 3.05) is 13.7 Å². The second-order valence-electron chi connectivity index (χ2n) is 7.36. The zero-order valence-electron chi connectivity index (χ0n) is 17.3. The summed E-state index contributed by atoms with van der Waals surface area (Å²) in [5.41, 5.74) is 0.382. The molecule has 0 unspecified atom stereocenters. The standard InChI is InChI=1S/C23H35NO3/c1-5-13-23(25,14-6-2)22-12-11-21(27-22)18-24(15-7-3)17-19-9-8-10-20(16-19)26-4/h8-12,16,25H,5-7,13-15,17-18H2,1-4H3. The molecule has 27 heavy (non-hydrogen) atoms. The van der Waals surface area contributed by atoms with Crippen molar-refractivity contribution in [1.82, 2.24) is 4.90 Å². The summed E-state index contributed by atoms with van der Waals surface area (Å²) in [7, 11) is 1.70. The second-order valence-corrected chi connectivity index (χ2v) is 7.36. The fraction of sp³-hybridized carbons (Fsp3) is 0.565. The summed E-state index contributed by atoms with van der Waals surface area (Å²) in [5, 5.41) is 11.0. The zero-order chi connectivity index (χ0) is 19.7. The summed E-state index contributed by atoms with van der Waals surface area (Å²) in [6.45, 7) is 8.95. The van der Waals surface area contributed by atoms with Crippen molar-refractivity contribution in [3.8, 4) is 5.75 Å². The van der Waals surface area contributed by atoms with Gasteiger partial charge >= 0.3 is 0 Å². The van der Waals surface area contributed by atoms with Crippen molar-refractivity contribution < 1.29 is 14.3 Å². The quantitative estimate of drug-likeness (QED) is 0.534. The van der Waals surface area contributed by atoms with E-state index in [0.29, 0.717) is 5.76 Å². The Morgan fingerprint density at radius 3 is 2.37 bits per heavy atom. The van der Waals surface area contributed by atoms with Gasteiger partial charge in [-0.05, 0) is 55.6 Å². The molecule has 0 atom stereocenters. The molecule has 150 valence electrons. The van der Waals surface area contributed by atoms with Crippen molar-refractivity contribution >= 4 is 0 Å². The first-order valence-corrected chi connectivity index (χ1v) is 10.2. The lowest BCUT2D eigenvalue weighted by molar-refractivity contribution is -0.00520. The fourth-order valence-corrected chi connectivity index (χ4v) is 3.69. The van der Waals surface area contributed by atoms with Crippen molar-refractivity contribution in [2.24, 2.45) is 0 Å². The second kappa shape index (κ2) is 10.5. The van der Waals surface area contributed by atoms with Gasteiger partial charge in [-0.15, -0.1) is 0 Å². The van der Waals surface area contributed by atoms with Crippen LogP contribution in [0.4, 0.5) is 0 Å². The molecule has 4 heteroatoms. The largest absolute Gasteiger partial charge is 0.497 e. The maximum atomic E-state index is 11.0. The Balaban J connectivity index is 2.11. The monoisotopic (exact) mass is 373 g/mol. The maximum absolute atomic E-state index is 11.0. The number of hydrogen-bond acceptors (Lipinski definition) is 4. The Morgan fingerprint density at radius 1 is 1.00 bits per heavy atom. The third-order valence-corrected chi connectivity index (χ3v) is 4.91. The highest BCUT2D eigenvalue weighted by Gasteiger charge is 2.31. The highest BCUT2D eigenvalue weighted by Crippen LogP contribution is 2.33. The Kier molecular flexibility index (Phi) is 8.39. The van der Waals surface area contributed by atoms with Crippen LogP contribution in [0.1, 0.15) is 70.0 Å². The number of methoxy groups -OCH3 is 1. The number of rotatable bonds is 12. The number of aliphatic hydroxyl groups is 1. The van der Waals surface area contributed by atoms with Gasteiger partial charge in [-0.25, -0.2) is 0 Å². The normalized spacial score (nSPS) is 11.9. The molecule has 0 aliphatic heterocycles. The van der Waals surface area contributed by atoms with Gasteiger partial charge in [-0.2, -0.15) is 0 Å². The van der Waals surface area contributed by atoms with Crippen molar-refractivity contribution in [1.29, 1.82) is 0 Å². The van der Waals surface area contributed by atoms with Crippen molar-refractivity contribution in [3.05, 3.63) is 53.5 Å². The third kappa shape index (κ3) is 6.12. The molecule has 2 aromatic rings. The molecule has 0 fully saturated rings. The molecule has 0 spiro atoms. The molecule has 0 aliphatic carbocycles. The summed E-state index contributed by atoms with van der Waals surface area (Å²) in [6.07, 6.45) is 4.41. The molecular formula is C23H35NO3. The summed E-state index contributed by atoms with van der Waals surface area (Å²) in [4.78, 5) is 2.37. The minimum Gasteiger partial charge on any atom is -0.497 e. The van der Waals surface area contributed by atoms with Gasteiger partial charge in [-0.3, -0.25) is 4.90 Å². The fourth-order valence-electron chi connectivity index (χ4n) is 3.69. The van der Waals surface area contributed by atoms with Gasteiger partial charge in [0.1, 0.15) is 22.9 Å². The lowest BCUT2D eigenvalue weighted by Crippen LogP contribution is -2.25. The molecule has 0 aliphatic rings. The molecule has 0 bridgehead atoms. The molecule has 0 saturated carbocycles. The molecule has 4 nitrogen and oxygen atoms in total. The number of nitrogens with zero attached hydrogens (tertiary/aromatic N) is 1. The predicted octanol–water partition coefficient (Wildman–Crippen LogP) is 5.49. The van der Waals surface area contributed by atoms with Gasteiger partial charge < -0.3 is 14.3 Å². The van der Waals surface area contributed by atoms with Crippen molar-refractivity contribution in [2.45, 2.75) is 71.6 Å². The average molecular weight is 374 g/mol. The first-order chi connectivity index (χ1) is 13.0. The SMILES string of the molecule is CCCN(Cc1cccc(OC)c1)Cc1ccc(C(O)(CCC)CCC)o1. The number of furan rings is 1. The highest BCUT2D eigenvalue weighted by atomic mass is 16.5. The Labute approximate surface area is 164 Å². The van der Waals surface area contributed by atoms with Crippen LogP contribution in [0.3, 0.4) is 0 Å². The van der Waals surface area contributed by atoms with Crippen molar-refractivity contribution in [3.63, 3.8) is 0 Å². The summed E-state index contributed by atoms with van der Waals surface area (Å²) < 4.78 is 11.4. The molecule has 0 saturated heterocycles. The van der Waals surface area contributed by atoms with Crippen LogP contribution in [-0.2, 0) is 18.7 Å². The van der Waals surface area contributed by atoms with Crippen LogP contribution in [-0.4, -0.2) is 23.7 Å². The van der Waals surface area contributed by atoms with E-state index in [9.17, 15) is 5.11 Å². The Bertz CT molecular complexity index is 674. The summed E-state index contributed by atoms with van der Waals surface area (Å²) >= 11 is 0. The lowest BCUT2D eigenvalue weighted by Gasteiger charge is -2.25. The van der Waals surface area contributed by atoms with E-state index in [-0.39, 0.29) is 0 Å². The van der Waals surface area contributed by atoms with Gasteiger partial charge in [-0.1, -0.05) is 45.7 Å². The molecule has 1 aromatic heterocycles. The van der Waals surface area contributed by atoms with E-state index >= 15 is 0 Å². The number of hydrogen-bond donors (Lipinski definition) is 1. The molecule has 1 heterocycles. The minimum absolute atomic E-state index is 0.707. The smallest absolute Gasteiger partial charge is 0.135 e. The van der Waals surface area contributed by atoms with Gasteiger partial charge in [0.25, 0.3) is 0 Å². The lowest BCUT2D eigenvalue weighted by atomic mass is 9.90. The van der Waals surface area contributed by atoms with E-state index in [2.05, 4.69) is 37.8 Å². The van der Waals surface area contributed by atoms with E-state index in [1.165, 1.54) is 5.56 Å². The molecular weight excluding hydrogens is 338 g/mol. The minimum atomic E-state index is -0.843. The van der Waals surface area contributed by atoms with Crippen LogP contribution in [0.2, 0.25) is 0 Å². The molecule has 2 rings (SSSR count). The van der Waals surface area contributed by atoms with Gasteiger partial charge in [0.2, 0.25) is 0 Å². The third-order valence-electron chi connectivity index (χ3n) is 4.91. The van der Waals surface area contributed by atoms with Crippen LogP contribution < -0.4 is 4.74 Å². The Morgan fingerprint density at radius 2 is 1.74 bits per heavy atom. The molecule has 1 aromatic carbocycles. The predicted molar refractivity (Wildman–Crippen MR) is 110 cm³/mol. The molecule has 0 amide bonds. The van der Waals surface area contributed by atoms with Crippen LogP contribution in [0.25, 0.3) is 0 Å². The number of ether oxygens (including phenoxy) is 1. The van der Waals surface area contributed by atoms with E-state index in [0.717, 1.165) is 63.2 Å². The van der Waals surface area contributed by atoms with Crippen LogP contribution in [0.15, 0.2) is 40.8 Å². The highest BCUT2D eigenvalue weighted by molar-refractivity contribution is 5.28. The van der Waals surface area contributed by atoms with Gasteiger partial charge in [0.15, 0.2) is 0 Å².